The first-order valence-electron chi connectivity index (χ1n) is 6.05. The number of hydrogen-bond acceptors (Lipinski definition) is 1. The van der Waals surface area contributed by atoms with Crippen molar-refractivity contribution in [3.05, 3.63) is 59.8 Å². The first-order valence-corrected chi connectivity index (χ1v) is 6.87. The SMILES string of the molecule is Cc1ccc(Sc2c[nH]c3c(C)cccc23)cc1. The molecule has 1 aromatic heterocycles. The fourth-order valence-electron chi connectivity index (χ4n) is 2.10. The Morgan fingerprint density at radius 3 is 2.50 bits per heavy atom. The summed E-state index contributed by atoms with van der Waals surface area (Å²) < 4.78 is 0. The molecule has 1 heterocycles. The maximum Gasteiger partial charge on any atom is 0.0495 e. The molecule has 0 bridgehead atoms. The average molecular weight is 253 g/mol. The molecule has 1 nitrogen and oxygen atoms in total. The average Bonchev–Trinajstić information content (AvgIpc) is 2.77. The standard InChI is InChI=1S/C16H15NS/c1-11-6-8-13(9-7-11)18-15-10-17-16-12(2)4-3-5-14(15)16/h3-10,17H,1-2H3. The molecule has 1 N–H and O–H groups in total. The van der Waals surface area contributed by atoms with E-state index in [9.17, 15) is 0 Å². The first-order chi connectivity index (χ1) is 8.74. The number of H-pyrrole nitrogens is 1. The molecule has 0 radical (unpaired) electrons. The second kappa shape index (κ2) is 4.54. The van der Waals surface area contributed by atoms with Crippen LogP contribution in [0.5, 0.6) is 0 Å². The van der Waals surface area contributed by atoms with Crippen LogP contribution in [0.25, 0.3) is 10.9 Å². The summed E-state index contributed by atoms with van der Waals surface area (Å²) >= 11 is 1.81. The topological polar surface area (TPSA) is 15.8 Å². The lowest BCUT2D eigenvalue weighted by Gasteiger charge is -2.01. The summed E-state index contributed by atoms with van der Waals surface area (Å²) in [6.45, 7) is 4.25. The molecule has 3 rings (SSSR count). The van der Waals surface area contributed by atoms with Crippen molar-refractivity contribution in [2.75, 3.05) is 0 Å². The molecule has 0 unspecified atom stereocenters. The zero-order valence-electron chi connectivity index (χ0n) is 10.5. The smallest absolute Gasteiger partial charge is 0.0495 e. The lowest BCUT2D eigenvalue weighted by Crippen LogP contribution is -1.75. The zero-order chi connectivity index (χ0) is 12.5. The van der Waals surface area contributed by atoms with E-state index >= 15 is 0 Å². The molecule has 18 heavy (non-hydrogen) atoms. The van der Waals surface area contributed by atoms with E-state index in [1.807, 2.05) is 11.8 Å². The van der Waals surface area contributed by atoms with Crippen LogP contribution in [0, 0.1) is 13.8 Å². The lowest BCUT2D eigenvalue weighted by atomic mass is 10.2. The van der Waals surface area contributed by atoms with Crippen LogP contribution in [0.1, 0.15) is 11.1 Å². The van der Waals surface area contributed by atoms with Crippen LogP contribution in [0.4, 0.5) is 0 Å². The minimum absolute atomic E-state index is 1.24. The predicted octanol–water partition coefficient (Wildman–Crippen LogP) is 4.94. The molecule has 0 aliphatic rings. The van der Waals surface area contributed by atoms with Crippen LogP contribution in [-0.4, -0.2) is 4.98 Å². The Bertz CT molecular complexity index is 680. The molecular weight excluding hydrogens is 238 g/mol. The fourth-order valence-corrected chi connectivity index (χ4v) is 3.02. The van der Waals surface area contributed by atoms with E-state index in [4.69, 9.17) is 0 Å². The number of aromatic amines is 1. The monoisotopic (exact) mass is 253 g/mol. The van der Waals surface area contributed by atoms with E-state index in [-0.39, 0.29) is 0 Å². The lowest BCUT2D eigenvalue weighted by molar-refractivity contribution is 1.36. The van der Waals surface area contributed by atoms with Crippen molar-refractivity contribution in [1.82, 2.24) is 4.98 Å². The first kappa shape index (κ1) is 11.4. The van der Waals surface area contributed by atoms with Gasteiger partial charge in [0.15, 0.2) is 0 Å². The number of aryl methyl sites for hydroxylation is 2. The van der Waals surface area contributed by atoms with Crippen molar-refractivity contribution in [3.63, 3.8) is 0 Å². The summed E-state index contributed by atoms with van der Waals surface area (Å²) in [7, 11) is 0. The van der Waals surface area contributed by atoms with Gasteiger partial charge in [-0.15, -0.1) is 0 Å². The molecule has 3 aromatic rings. The van der Waals surface area contributed by atoms with Gasteiger partial charge in [-0.2, -0.15) is 0 Å². The molecule has 0 atom stereocenters. The molecule has 0 saturated heterocycles. The highest BCUT2D eigenvalue weighted by Gasteiger charge is 2.06. The van der Waals surface area contributed by atoms with Gasteiger partial charge in [0.25, 0.3) is 0 Å². The van der Waals surface area contributed by atoms with E-state index in [0.717, 1.165) is 0 Å². The van der Waals surface area contributed by atoms with Gasteiger partial charge >= 0.3 is 0 Å². The van der Waals surface area contributed by atoms with Gasteiger partial charge in [-0.1, -0.05) is 47.7 Å². The van der Waals surface area contributed by atoms with Crippen molar-refractivity contribution in [2.24, 2.45) is 0 Å². The summed E-state index contributed by atoms with van der Waals surface area (Å²) in [6, 6.07) is 15.1. The minimum atomic E-state index is 1.24. The van der Waals surface area contributed by atoms with E-state index in [1.54, 1.807) is 0 Å². The molecule has 0 spiro atoms. The number of benzene rings is 2. The molecule has 90 valence electrons. The van der Waals surface area contributed by atoms with Gasteiger partial charge in [0.2, 0.25) is 0 Å². The predicted molar refractivity (Wildman–Crippen MR) is 78.3 cm³/mol. The van der Waals surface area contributed by atoms with Crippen LogP contribution >= 0.6 is 11.8 Å². The van der Waals surface area contributed by atoms with Gasteiger partial charge < -0.3 is 4.98 Å². The Hall–Kier alpha value is -1.67. The third kappa shape index (κ3) is 2.04. The summed E-state index contributed by atoms with van der Waals surface area (Å²) in [6.07, 6.45) is 2.10. The van der Waals surface area contributed by atoms with Crippen LogP contribution in [0.2, 0.25) is 0 Å². The molecule has 2 aromatic carbocycles. The highest BCUT2D eigenvalue weighted by molar-refractivity contribution is 7.99. The van der Waals surface area contributed by atoms with Gasteiger partial charge in [-0.3, -0.25) is 0 Å². The molecular formula is C16H15NS. The largest absolute Gasteiger partial charge is 0.360 e. The van der Waals surface area contributed by atoms with Gasteiger partial charge in [0, 0.05) is 26.9 Å². The van der Waals surface area contributed by atoms with Crippen LogP contribution in [0.3, 0.4) is 0 Å². The van der Waals surface area contributed by atoms with Crippen molar-refractivity contribution < 1.29 is 0 Å². The van der Waals surface area contributed by atoms with Crippen molar-refractivity contribution >= 4 is 22.7 Å². The molecule has 2 heteroatoms. The van der Waals surface area contributed by atoms with Gasteiger partial charge in [0.05, 0.1) is 0 Å². The highest BCUT2D eigenvalue weighted by atomic mass is 32.2. The van der Waals surface area contributed by atoms with Crippen molar-refractivity contribution in [1.29, 1.82) is 0 Å². The van der Waals surface area contributed by atoms with E-state index in [0.29, 0.717) is 0 Å². The third-order valence-corrected chi connectivity index (χ3v) is 4.20. The zero-order valence-corrected chi connectivity index (χ0v) is 11.3. The number of aromatic nitrogens is 1. The maximum absolute atomic E-state index is 3.37. The minimum Gasteiger partial charge on any atom is -0.360 e. The second-order valence-corrected chi connectivity index (χ2v) is 5.68. The van der Waals surface area contributed by atoms with Crippen LogP contribution < -0.4 is 0 Å². The Labute approximate surface area is 111 Å². The quantitative estimate of drug-likeness (QED) is 0.684. The number of para-hydroxylation sites is 1. The summed E-state index contributed by atoms with van der Waals surface area (Å²) in [4.78, 5) is 5.94. The third-order valence-electron chi connectivity index (χ3n) is 3.13. The van der Waals surface area contributed by atoms with Gasteiger partial charge in [0.1, 0.15) is 0 Å². The molecule has 0 fully saturated rings. The number of rotatable bonds is 2. The van der Waals surface area contributed by atoms with E-state index < -0.39 is 0 Å². The van der Waals surface area contributed by atoms with Gasteiger partial charge in [-0.05, 0) is 31.5 Å². The summed E-state index contributed by atoms with van der Waals surface area (Å²) in [5.41, 5.74) is 3.84. The van der Waals surface area contributed by atoms with Crippen molar-refractivity contribution in [3.8, 4) is 0 Å². The molecule has 0 aliphatic carbocycles. The molecule has 0 saturated carbocycles. The molecule has 0 aliphatic heterocycles. The van der Waals surface area contributed by atoms with Gasteiger partial charge in [-0.25, -0.2) is 0 Å². The van der Waals surface area contributed by atoms with Crippen molar-refractivity contribution in [2.45, 2.75) is 23.6 Å². The van der Waals surface area contributed by atoms with E-state index in [2.05, 4.69) is 67.5 Å². The summed E-state index contributed by atoms with van der Waals surface area (Å²) in [5.74, 6) is 0. The second-order valence-electron chi connectivity index (χ2n) is 4.57. The normalized spacial score (nSPS) is 11.0. The Morgan fingerprint density at radius 2 is 1.72 bits per heavy atom. The number of nitrogens with one attached hydrogen (secondary N) is 1. The highest BCUT2D eigenvalue weighted by Crippen LogP contribution is 2.34. The van der Waals surface area contributed by atoms with Crippen LogP contribution in [-0.2, 0) is 0 Å². The van der Waals surface area contributed by atoms with Crippen LogP contribution in [0.15, 0.2) is 58.5 Å². The molecule has 0 amide bonds. The fraction of sp³-hybridized carbons (Fsp3) is 0.125. The maximum atomic E-state index is 3.37. The Balaban J connectivity index is 2.00. The summed E-state index contributed by atoms with van der Waals surface area (Å²) in [5, 5.41) is 1.31. The Morgan fingerprint density at radius 1 is 0.944 bits per heavy atom. The number of hydrogen-bond donors (Lipinski definition) is 1. The van der Waals surface area contributed by atoms with E-state index in [1.165, 1.54) is 31.8 Å². The Kier molecular flexibility index (Phi) is 2.88. The number of fused-ring (bicyclic) bond motifs is 1.